The van der Waals surface area contributed by atoms with Crippen LogP contribution in [-0.2, 0) is 4.79 Å². The van der Waals surface area contributed by atoms with Crippen molar-refractivity contribution in [2.75, 3.05) is 13.1 Å². The van der Waals surface area contributed by atoms with Crippen LogP contribution in [0.4, 0.5) is 4.79 Å². The van der Waals surface area contributed by atoms with Crippen LogP contribution >= 0.6 is 35.6 Å². The van der Waals surface area contributed by atoms with Crippen LogP contribution in [0.15, 0.2) is 29.2 Å². The Morgan fingerprint density at radius 2 is 2.08 bits per heavy atom. The summed E-state index contributed by atoms with van der Waals surface area (Å²) < 4.78 is 0. The number of thioether (sulfide) groups is 1. The van der Waals surface area contributed by atoms with Gasteiger partial charge in [0.05, 0.1) is 4.91 Å². The molecule has 0 radical (unpaired) electrons. The maximum absolute atomic E-state index is 12.4. The first-order valence-corrected chi connectivity index (χ1v) is 9.03. The summed E-state index contributed by atoms with van der Waals surface area (Å²) >= 11 is 12.1. The Morgan fingerprint density at radius 1 is 1.38 bits per heavy atom. The molecular weight excluding hydrogens is 366 g/mol. The molecule has 2 N–H and O–H groups in total. The number of nitrogens with zero attached hydrogens (tertiary/aromatic N) is 1. The van der Waals surface area contributed by atoms with Gasteiger partial charge in [-0.05, 0) is 55.5 Å². The first-order valence-electron chi connectivity index (χ1n) is 7.42. The fourth-order valence-corrected chi connectivity index (χ4v) is 3.40. The van der Waals surface area contributed by atoms with Crippen molar-refractivity contribution in [3.63, 3.8) is 0 Å². The zero-order valence-corrected chi connectivity index (χ0v) is 15.7. The van der Waals surface area contributed by atoms with Crippen molar-refractivity contribution in [1.82, 2.24) is 15.5 Å². The highest BCUT2D eigenvalue weighted by Crippen LogP contribution is 2.33. The third kappa shape index (κ3) is 4.96. The minimum Gasteiger partial charge on any atom is -0.361 e. The van der Waals surface area contributed by atoms with E-state index >= 15 is 0 Å². The average Bonchev–Trinajstić information content (AvgIpc) is 2.76. The molecule has 0 spiro atoms. The van der Waals surface area contributed by atoms with E-state index in [2.05, 4.69) is 10.6 Å². The van der Waals surface area contributed by atoms with Crippen molar-refractivity contribution in [3.8, 4) is 0 Å². The van der Waals surface area contributed by atoms with Gasteiger partial charge in [0.15, 0.2) is 5.11 Å². The quantitative estimate of drug-likeness (QED) is 0.601. The highest BCUT2D eigenvalue weighted by Gasteiger charge is 2.34. The number of thiocarbonyl (C=S) groups is 1. The summed E-state index contributed by atoms with van der Waals surface area (Å²) in [7, 11) is 0. The van der Waals surface area contributed by atoms with Gasteiger partial charge in [0.2, 0.25) is 0 Å². The van der Waals surface area contributed by atoms with Gasteiger partial charge in [-0.15, -0.1) is 0 Å². The second-order valence-corrected chi connectivity index (χ2v) is 7.22. The Labute approximate surface area is 155 Å². The predicted octanol–water partition coefficient (Wildman–Crippen LogP) is 3.25. The Balaban J connectivity index is 1.97. The van der Waals surface area contributed by atoms with E-state index in [1.54, 1.807) is 18.2 Å². The summed E-state index contributed by atoms with van der Waals surface area (Å²) in [6.07, 6.45) is 1.64. The number of amides is 2. The molecule has 5 nitrogen and oxygen atoms in total. The second-order valence-electron chi connectivity index (χ2n) is 5.41. The summed E-state index contributed by atoms with van der Waals surface area (Å²) in [5.41, 5.74) is 0.713. The van der Waals surface area contributed by atoms with Crippen molar-refractivity contribution in [2.24, 2.45) is 0 Å². The lowest BCUT2D eigenvalue weighted by molar-refractivity contribution is -0.122. The molecular formula is C16H18ClN3O2S2. The van der Waals surface area contributed by atoms with Crippen LogP contribution in [0.5, 0.6) is 0 Å². The minimum atomic E-state index is -0.311. The van der Waals surface area contributed by atoms with Crippen LogP contribution in [0.25, 0.3) is 6.08 Å². The van der Waals surface area contributed by atoms with Gasteiger partial charge in [-0.2, -0.15) is 0 Å². The second kappa shape index (κ2) is 8.50. The van der Waals surface area contributed by atoms with Crippen molar-refractivity contribution >= 4 is 57.9 Å². The third-order valence-corrected chi connectivity index (χ3v) is 4.62. The SMILES string of the molecule is CC(C)NC(=S)NCCN1C(=O)S/C(=C\c2ccccc2Cl)C1=O. The number of carbonyl (C=O) groups excluding carboxylic acids is 2. The molecule has 2 amide bonds. The number of nitrogens with one attached hydrogen (secondary N) is 2. The summed E-state index contributed by atoms with van der Waals surface area (Å²) in [4.78, 5) is 26.0. The first-order chi connectivity index (χ1) is 11.4. The Morgan fingerprint density at radius 3 is 2.75 bits per heavy atom. The van der Waals surface area contributed by atoms with Crippen LogP contribution in [0.1, 0.15) is 19.4 Å². The number of rotatable bonds is 5. The van der Waals surface area contributed by atoms with Crippen LogP contribution in [-0.4, -0.2) is 40.3 Å². The predicted molar refractivity (Wildman–Crippen MR) is 103 cm³/mol. The number of hydrogen-bond donors (Lipinski definition) is 2. The van der Waals surface area contributed by atoms with Gasteiger partial charge in [0.1, 0.15) is 0 Å². The molecule has 0 bridgehead atoms. The summed E-state index contributed by atoms with van der Waals surface area (Å²) in [6, 6.07) is 7.40. The van der Waals surface area contributed by atoms with Crippen LogP contribution in [0.3, 0.4) is 0 Å². The largest absolute Gasteiger partial charge is 0.361 e. The number of carbonyl (C=O) groups is 2. The Kier molecular flexibility index (Phi) is 6.65. The van der Waals surface area contributed by atoms with Gasteiger partial charge in [0, 0.05) is 24.2 Å². The lowest BCUT2D eigenvalue weighted by Gasteiger charge is -2.16. The van der Waals surface area contributed by atoms with E-state index in [-0.39, 0.29) is 23.7 Å². The topological polar surface area (TPSA) is 61.4 Å². The molecule has 2 rings (SSSR count). The Bertz CT molecular complexity index is 692. The van der Waals surface area contributed by atoms with Crippen LogP contribution in [0, 0.1) is 0 Å². The van der Waals surface area contributed by atoms with E-state index in [9.17, 15) is 9.59 Å². The highest BCUT2D eigenvalue weighted by molar-refractivity contribution is 8.18. The standard InChI is InChI=1S/C16H18ClN3O2S2/c1-10(2)19-15(23)18-7-8-20-14(21)13(24-16(20)22)9-11-5-3-4-6-12(11)17/h3-6,9-10H,7-8H2,1-2H3,(H2,18,19,23)/b13-9-. The zero-order valence-electron chi connectivity index (χ0n) is 13.3. The van der Waals surface area contributed by atoms with E-state index in [0.717, 1.165) is 11.8 Å². The molecule has 8 heteroatoms. The number of imide groups is 1. The van der Waals surface area contributed by atoms with Crippen molar-refractivity contribution < 1.29 is 9.59 Å². The van der Waals surface area contributed by atoms with E-state index in [1.807, 2.05) is 26.0 Å². The highest BCUT2D eigenvalue weighted by atomic mass is 35.5. The fourth-order valence-electron chi connectivity index (χ4n) is 2.02. The van der Waals surface area contributed by atoms with Gasteiger partial charge >= 0.3 is 0 Å². The third-order valence-electron chi connectivity index (χ3n) is 3.11. The molecule has 1 aromatic carbocycles. The summed E-state index contributed by atoms with van der Waals surface area (Å²) in [6.45, 7) is 4.61. The molecule has 1 aromatic rings. The molecule has 1 saturated heterocycles. The number of hydrogen-bond acceptors (Lipinski definition) is 4. The summed E-state index contributed by atoms with van der Waals surface area (Å²) in [5, 5.41) is 6.77. The molecule has 0 atom stereocenters. The van der Waals surface area contributed by atoms with E-state index in [1.165, 1.54) is 4.90 Å². The van der Waals surface area contributed by atoms with Gasteiger partial charge in [-0.1, -0.05) is 29.8 Å². The smallest absolute Gasteiger partial charge is 0.293 e. The molecule has 0 saturated carbocycles. The molecule has 1 heterocycles. The van der Waals surface area contributed by atoms with Crippen LogP contribution < -0.4 is 10.6 Å². The molecule has 1 aliphatic rings. The maximum Gasteiger partial charge on any atom is 0.293 e. The number of halogens is 1. The van der Waals surface area contributed by atoms with Crippen molar-refractivity contribution in [1.29, 1.82) is 0 Å². The number of benzene rings is 1. The molecule has 0 aliphatic carbocycles. The van der Waals surface area contributed by atoms with Crippen molar-refractivity contribution in [3.05, 3.63) is 39.8 Å². The molecule has 0 aromatic heterocycles. The Hall–Kier alpha value is -1.57. The van der Waals surface area contributed by atoms with E-state index < -0.39 is 0 Å². The molecule has 1 fully saturated rings. The van der Waals surface area contributed by atoms with Gasteiger partial charge in [0.25, 0.3) is 11.1 Å². The van der Waals surface area contributed by atoms with E-state index in [4.69, 9.17) is 23.8 Å². The monoisotopic (exact) mass is 383 g/mol. The van der Waals surface area contributed by atoms with E-state index in [0.29, 0.717) is 27.1 Å². The minimum absolute atomic E-state index is 0.223. The van der Waals surface area contributed by atoms with Gasteiger partial charge in [-0.3, -0.25) is 14.5 Å². The first kappa shape index (κ1) is 18.8. The fraction of sp³-hybridized carbons (Fsp3) is 0.312. The lowest BCUT2D eigenvalue weighted by Crippen LogP contribution is -2.43. The van der Waals surface area contributed by atoms with Crippen molar-refractivity contribution in [2.45, 2.75) is 19.9 Å². The summed E-state index contributed by atoms with van der Waals surface area (Å²) in [5.74, 6) is -0.311. The molecule has 1 aliphatic heterocycles. The zero-order chi connectivity index (χ0) is 17.7. The lowest BCUT2D eigenvalue weighted by atomic mass is 10.2. The maximum atomic E-state index is 12.4. The molecule has 128 valence electrons. The van der Waals surface area contributed by atoms with Gasteiger partial charge < -0.3 is 10.6 Å². The average molecular weight is 384 g/mol. The molecule has 0 unspecified atom stereocenters. The van der Waals surface area contributed by atoms with Gasteiger partial charge in [-0.25, -0.2) is 0 Å². The molecule has 24 heavy (non-hydrogen) atoms. The normalized spacial score (nSPS) is 16.2. The van der Waals surface area contributed by atoms with Crippen LogP contribution in [0.2, 0.25) is 5.02 Å².